The molecule has 0 heterocycles. The summed E-state index contributed by atoms with van der Waals surface area (Å²) in [5.41, 5.74) is 0. The van der Waals surface area contributed by atoms with Gasteiger partial charge < -0.3 is 10.1 Å². The average molecular weight is 253 g/mol. The summed E-state index contributed by atoms with van der Waals surface area (Å²) in [6.07, 6.45) is 0.661. The van der Waals surface area contributed by atoms with Crippen LogP contribution in [-0.2, 0) is 4.79 Å². The van der Waals surface area contributed by atoms with Gasteiger partial charge in [0.1, 0.15) is 12.4 Å². The molecule has 1 amide bonds. The Morgan fingerprint density at radius 1 is 1.17 bits per heavy atom. The van der Waals surface area contributed by atoms with Crippen molar-refractivity contribution in [2.45, 2.75) is 34.6 Å². The van der Waals surface area contributed by atoms with Crippen LogP contribution in [0.5, 0.6) is 5.75 Å². The minimum absolute atomic E-state index is 0.503. The zero-order valence-electron chi connectivity index (χ0n) is 12.3. The van der Waals surface area contributed by atoms with Crippen LogP contribution in [0, 0.1) is 5.92 Å². The van der Waals surface area contributed by atoms with E-state index in [2.05, 4.69) is 26.1 Å². The SMILES string of the molecule is CC.CC(C)C.O=CNCCOc1ccccc1. The highest BCUT2D eigenvalue weighted by molar-refractivity contribution is 5.45. The topological polar surface area (TPSA) is 38.3 Å². The van der Waals surface area contributed by atoms with Gasteiger partial charge in [-0.3, -0.25) is 4.79 Å². The fourth-order valence-electron chi connectivity index (χ4n) is 0.803. The molecule has 18 heavy (non-hydrogen) atoms. The minimum Gasteiger partial charge on any atom is -0.492 e. The Labute approximate surface area is 112 Å². The first-order chi connectivity index (χ1) is 8.66. The number of benzene rings is 1. The van der Waals surface area contributed by atoms with Crippen molar-refractivity contribution in [1.29, 1.82) is 0 Å². The number of carbonyl (C=O) groups excluding carboxylic acids is 1. The molecule has 3 heteroatoms. The molecule has 0 radical (unpaired) electrons. The molecule has 1 aromatic carbocycles. The molecular weight excluding hydrogens is 226 g/mol. The van der Waals surface area contributed by atoms with Crippen molar-refractivity contribution in [3.63, 3.8) is 0 Å². The van der Waals surface area contributed by atoms with Crippen LogP contribution in [0.4, 0.5) is 0 Å². The van der Waals surface area contributed by atoms with E-state index >= 15 is 0 Å². The molecule has 0 aliphatic carbocycles. The minimum atomic E-state index is 0.503. The van der Waals surface area contributed by atoms with Crippen LogP contribution in [0.1, 0.15) is 34.6 Å². The monoisotopic (exact) mass is 253 g/mol. The normalized spacial score (nSPS) is 8.33. The molecule has 1 N–H and O–H groups in total. The smallest absolute Gasteiger partial charge is 0.207 e. The summed E-state index contributed by atoms with van der Waals surface area (Å²) in [7, 11) is 0. The second-order valence-corrected chi connectivity index (χ2v) is 3.97. The first-order valence-corrected chi connectivity index (χ1v) is 6.51. The Hall–Kier alpha value is -1.51. The molecule has 0 bridgehead atoms. The van der Waals surface area contributed by atoms with E-state index in [-0.39, 0.29) is 0 Å². The maximum Gasteiger partial charge on any atom is 0.207 e. The lowest BCUT2D eigenvalue weighted by molar-refractivity contribution is -0.109. The van der Waals surface area contributed by atoms with Crippen LogP contribution in [0.25, 0.3) is 0 Å². The predicted molar refractivity (Wildman–Crippen MR) is 77.9 cm³/mol. The zero-order chi connectivity index (χ0) is 14.2. The van der Waals surface area contributed by atoms with Gasteiger partial charge in [0.25, 0.3) is 0 Å². The number of rotatable bonds is 5. The van der Waals surface area contributed by atoms with Crippen molar-refractivity contribution >= 4 is 6.41 Å². The highest BCUT2D eigenvalue weighted by Gasteiger charge is 1.88. The second-order valence-electron chi connectivity index (χ2n) is 3.97. The van der Waals surface area contributed by atoms with Crippen molar-refractivity contribution in [2.75, 3.05) is 13.2 Å². The quantitative estimate of drug-likeness (QED) is 0.644. The molecular formula is C15H27NO2. The van der Waals surface area contributed by atoms with Gasteiger partial charge >= 0.3 is 0 Å². The Morgan fingerprint density at radius 2 is 1.67 bits per heavy atom. The maximum absolute atomic E-state index is 9.85. The molecule has 0 saturated carbocycles. The first kappa shape index (κ1) is 18.8. The summed E-state index contributed by atoms with van der Waals surface area (Å²) in [6.45, 7) is 11.5. The lowest BCUT2D eigenvalue weighted by atomic mass is 10.3. The van der Waals surface area contributed by atoms with E-state index in [1.165, 1.54) is 0 Å². The number of hydrogen-bond acceptors (Lipinski definition) is 2. The number of hydrogen-bond donors (Lipinski definition) is 1. The predicted octanol–water partition coefficient (Wildman–Crippen LogP) is 3.50. The molecule has 0 saturated heterocycles. The highest BCUT2D eigenvalue weighted by atomic mass is 16.5. The molecule has 0 unspecified atom stereocenters. The van der Waals surface area contributed by atoms with Crippen LogP contribution in [-0.4, -0.2) is 19.6 Å². The van der Waals surface area contributed by atoms with Gasteiger partial charge in [-0.05, 0) is 18.1 Å². The summed E-state index contributed by atoms with van der Waals surface area (Å²) < 4.78 is 5.29. The summed E-state index contributed by atoms with van der Waals surface area (Å²) in [5.74, 6) is 1.66. The fraction of sp³-hybridized carbons (Fsp3) is 0.533. The number of nitrogens with one attached hydrogen (secondary N) is 1. The van der Waals surface area contributed by atoms with E-state index in [4.69, 9.17) is 4.74 Å². The van der Waals surface area contributed by atoms with Crippen LogP contribution in [0.15, 0.2) is 30.3 Å². The molecule has 0 fully saturated rings. The lowest BCUT2D eigenvalue weighted by Crippen LogP contribution is -2.18. The van der Waals surface area contributed by atoms with Gasteiger partial charge in [0, 0.05) is 0 Å². The lowest BCUT2D eigenvalue weighted by Gasteiger charge is -2.03. The Bertz CT molecular complexity index is 258. The van der Waals surface area contributed by atoms with E-state index in [1.54, 1.807) is 0 Å². The van der Waals surface area contributed by atoms with Crippen LogP contribution >= 0.6 is 0 Å². The van der Waals surface area contributed by atoms with Crippen LogP contribution in [0.3, 0.4) is 0 Å². The maximum atomic E-state index is 9.85. The van der Waals surface area contributed by atoms with Crippen LogP contribution in [0.2, 0.25) is 0 Å². The number of para-hydroxylation sites is 1. The Kier molecular flexibility index (Phi) is 16.2. The van der Waals surface area contributed by atoms with Gasteiger partial charge in [-0.25, -0.2) is 0 Å². The van der Waals surface area contributed by atoms with Gasteiger partial charge in [-0.2, -0.15) is 0 Å². The zero-order valence-corrected chi connectivity index (χ0v) is 12.3. The number of amides is 1. The number of ether oxygens (including phenoxy) is 1. The van der Waals surface area contributed by atoms with Gasteiger partial charge in [0.05, 0.1) is 6.54 Å². The summed E-state index contributed by atoms with van der Waals surface area (Å²) in [4.78, 5) is 9.85. The third-order valence-corrected chi connectivity index (χ3v) is 1.34. The molecule has 1 aromatic rings. The van der Waals surface area contributed by atoms with Crippen molar-refractivity contribution in [3.05, 3.63) is 30.3 Å². The molecule has 0 aromatic heterocycles. The second kappa shape index (κ2) is 15.5. The molecule has 0 atom stereocenters. The molecule has 3 nitrogen and oxygen atoms in total. The molecule has 0 spiro atoms. The molecule has 0 aliphatic heterocycles. The fourth-order valence-corrected chi connectivity index (χ4v) is 0.803. The van der Waals surface area contributed by atoms with E-state index < -0.39 is 0 Å². The summed E-state index contributed by atoms with van der Waals surface area (Å²) in [6, 6.07) is 9.49. The van der Waals surface area contributed by atoms with Gasteiger partial charge in [0.2, 0.25) is 6.41 Å². The van der Waals surface area contributed by atoms with E-state index in [9.17, 15) is 4.79 Å². The van der Waals surface area contributed by atoms with E-state index in [0.29, 0.717) is 19.6 Å². The Balaban J connectivity index is 0. The van der Waals surface area contributed by atoms with Crippen LogP contribution < -0.4 is 10.1 Å². The Morgan fingerprint density at radius 3 is 2.11 bits per heavy atom. The third kappa shape index (κ3) is 16.9. The van der Waals surface area contributed by atoms with Crippen molar-refractivity contribution < 1.29 is 9.53 Å². The highest BCUT2D eigenvalue weighted by Crippen LogP contribution is 2.07. The summed E-state index contributed by atoms with van der Waals surface area (Å²) >= 11 is 0. The van der Waals surface area contributed by atoms with Crippen molar-refractivity contribution in [2.24, 2.45) is 5.92 Å². The van der Waals surface area contributed by atoms with E-state index in [0.717, 1.165) is 11.7 Å². The average Bonchev–Trinajstić information content (AvgIpc) is 2.38. The standard InChI is InChI=1S/C9H11NO2.C4H10.C2H6/c11-8-10-6-7-12-9-4-2-1-3-5-9;1-4(2)3;1-2/h1-5,8H,6-7H2,(H,10,11);4H,1-3H3;1-2H3. The largest absolute Gasteiger partial charge is 0.492 e. The third-order valence-electron chi connectivity index (χ3n) is 1.34. The van der Waals surface area contributed by atoms with Gasteiger partial charge in [-0.15, -0.1) is 0 Å². The van der Waals surface area contributed by atoms with Gasteiger partial charge in [-0.1, -0.05) is 52.8 Å². The van der Waals surface area contributed by atoms with Gasteiger partial charge in [0.15, 0.2) is 0 Å². The van der Waals surface area contributed by atoms with E-state index in [1.807, 2.05) is 44.2 Å². The molecule has 104 valence electrons. The first-order valence-electron chi connectivity index (χ1n) is 6.51. The number of carbonyl (C=O) groups is 1. The van der Waals surface area contributed by atoms with Crippen molar-refractivity contribution in [3.8, 4) is 5.75 Å². The summed E-state index contributed by atoms with van der Waals surface area (Å²) in [5, 5.41) is 2.51. The molecule has 1 rings (SSSR count). The van der Waals surface area contributed by atoms with Crippen molar-refractivity contribution in [1.82, 2.24) is 5.32 Å². The molecule has 0 aliphatic rings.